The fourth-order valence-electron chi connectivity index (χ4n) is 2.12. The molecule has 0 aliphatic rings. The van der Waals surface area contributed by atoms with Gasteiger partial charge in [-0.1, -0.05) is 24.6 Å². The van der Waals surface area contributed by atoms with Crippen LogP contribution in [0.2, 0.25) is 0 Å². The highest BCUT2D eigenvalue weighted by Gasteiger charge is 2.21. The maximum absolute atomic E-state index is 12.1. The molecule has 4 nitrogen and oxygen atoms in total. The molecule has 5 heteroatoms. The number of aryl methyl sites for hydroxylation is 3. The lowest BCUT2D eigenvalue weighted by Gasteiger charge is -2.13. The number of ether oxygens (including phenoxy) is 1. The van der Waals surface area contributed by atoms with Gasteiger partial charge in [0.15, 0.2) is 6.10 Å². The van der Waals surface area contributed by atoms with Crippen LogP contribution in [0.5, 0.6) is 0 Å². The molecule has 1 amide bonds. The maximum atomic E-state index is 12.1. The number of thiophene rings is 1. The quantitative estimate of drug-likeness (QED) is 0.839. The summed E-state index contributed by atoms with van der Waals surface area (Å²) in [6.07, 6.45) is 0.0315. The molecule has 0 fully saturated rings. The highest BCUT2D eigenvalue weighted by molar-refractivity contribution is 7.14. The van der Waals surface area contributed by atoms with Crippen LogP contribution in [0.15, 0.2) is 30.3 Å². The molecular weight excluding hydrogens is 310 g/mol. The molecule has 122 valence electrons. The van der Waals surface area contributed by atoms with E-state index in [0.29, 0.717) is 10.6 Å². The third-order valence-corrected chi connectivity index (χ3v) is 4.88. The molecular formula is C18H21NO3S. The number of rotatable bonds is 5. The average molecular weight is 331 g/mol. The normalized spacial score (nSPS) is 11.8. The molecule has 0 unspecified atom stereocenters. The molecule has 0 aliphatic heterocycles. The molecule has 0 radical (unpaired) electrons. The lowest BCUT2D eigenvalue weighted by molar-refractivity contribution is -0.123. The van der Waals surface area contributed by atoms with Gasteiger partial charge in [-0.3, -0.25) is 4.79 Å². The van der Waals surface area contributed by atoms with E-state index in [0.717, 1.165) is 22.4 Å². The number of hydrogen-bond donors (Lipinski definition) is 1. The first kappa shape index (κ1) is 17.2. The number of nitrogens with one attached hydrogen (secondary N) is 1. The largest absolute Gasteiger partial charge is 0.448 e. The highest BCUT2D eigenvalue weighted by Crippen LogP contribution is 2.23. The van der Waals surface area contributed by atoms with Gasteiger partial charge in [0.1, 0.15) is 4.88 Å². The van der Waals surface area contributed by atoms with Crippen LogP contribution in [0, 0.1) is 13.8 Å². The fourth-order valence-corrected chi connectivity index (χ4v) is 3.12. The van der Waals surface area contributed by atoms with Crippen molar-refractivity contribution in [2.45, 2.75) is 40.2 Å². The summed E-state index contributed by atoms with van der Waals surface area (Å²) < 4.78 is 5.27. The monoisotopic (exact) mass is 331 g/mol. The van der Waals surface area contributed by atoms with Crippen molar-refractivity contribution in [1.82, 2.24) is 0 Å². The van der Waals surface area contributed by atoms with Gasteiger partial charge in [0.2, 0.25) is 0 Å². The molecule has 0 aliphatic carbocycles. The third-order valence-electron chi connectivity index (χ3n) is 3.52. The number of anilines is 1. The predicted octanol–water partition coefficient (Wildman–Crippen LogP) is 4.11. The van der Waals surface area contributed by atoms with Gasteiger partial charge < -0.3 is 10.1 Å². The number of esters is 1. The molecule has 23 heavy (non-hydrogen) atoms. The van der Waals surface area contributed by atoms with E-state index in [2.05, 4.69) is 5.32 Å². The van der Waals surface area contributed by atoms with Gasteiger partial charge >= 0.3 is 5.97 Å². The Bertz CT molecular complexity index is 704. The first-order chi connectivity index (χ1) is 10.9. The molecule has 1 aromatic carbocycles. The van der Waals surface area contributed by atoms with E-state index in [1.165, 1.54) is 11.3 Å². The van der Waals surface area contributed by atoms with E-state index in [1.807, 2.05) is 51.1 Å². The van der Waals surface area contributed by atoms with Crippen molar-refractivity contribution in [3.63, 3.8) is 0 Å². The summed E-state index contributed by atoms with van der Waals surface area (Å²) in [5, 5.41) is 2.74. The van der Waals surface area contributed by atoms with Crippen LogP contribution in [0.1, 0.15) is 39.5 Å². The van der Waals surface area contributed by atoms with Gasteiger partial charge in [-0.15, -0.1) is 11.3 Å². The van der Waals surface area contributed by atoms with Crippen LogP contribution in [-0.2, 0) is 16.0 Å². The van der Waals surface area contributed by atoms with Gasteiger partial charge in [0, 0.05) is 10.6 Å². The van der Waals surface area contributed by atoms with E-state index in [1.54, 1.807) is 6.92 Å². The van der Waals surface area contributed by atoms with Crippen molar-refractivity contribution in [3.8, 4) is 0 Å². The first-order valence-corrected chi connectivity index (χ1v) is 8.40. The maximum Gasteiger partial charge on any atom is 0.349 e. The Morgan fingerprint density at radius 2 is 1.87 bits per heavy atom. The van der Waals surface area contributed by atoms with Crippen LogP contribution in [0.4, 0.5) is 5.69 Å². The third kappa shape index (κ3) is 4.42. The standard InChI is InChI=1S/C18H21NO3S/c1-5-15-12(3)10-16(23-15)18(21)22-13(4)17(20)19-14-8-6-11(2)7-9-14/h6-10,13H,5H2,1-4H3,(H,19,20)/t13-/m0/s1. The Balaban J connectivity index is 1.96. The Hall–Kier alpha value is -2.14. The van der Waals surface area contributed by atoms with E-state index >= 15 is 0 Å². The number of carbonyl (C=O) groups excluding carboxylic acids is 2. The Labute approximate surface area is 140 Å². The SMILES string of the molecule is CCc1sc(C(=O)O[C@@H](C)C(=O)Nc2ccc(C)cc2)cc1C. The minimum atomic E-state index is -0.851. The smallest absolute Gasteiger partial charge is 0.349 e. The Kier molecular flexibility index (Phi) is 5.55. The lowest BCUT2D eigenvalue weighted by atomic mass is 10.2. The molecule has 0 saturated carbocycles. The molecule has 0 saturated heterocycles. The molecule has 0 bridgehead atoms. The molecule has 1 N–H and O–H groups in total. The average Bonchev–Trinajstić information content (AvgIpc) is 2.90. The fraction of sp³-hybridized carbons (Fsp3) is 0.333. The summed E-state index contributed by atoms with van der Waals surface area (Å²) in [6.45, 7) is 7.57. The summed E-state index contributed by atoms with van der Waals surface area (Å²) in [7, 11) is 0. The van der Waals surface area contributed by atoms with Gasteiger partial charge in [-0.05, 0) is 51.0 Å². The zero-order chi connectivity index (χ0) is 17.0. The number of hydrogen-bond acceptors (Lipinski definition) is 4. The molecule has 2 aromatic rings. The van der Waals surface area contributed by atoms with E-state index in [4.69, 9.17) is 4.74 Å². The summed E-state index contributed by atoms with van der Waals surface area (Å²) in [6, 6.07) is 9.27. The minimum absolute atomic E-state index is 0.341. The van der Waals surface area contributed by atoms with Crippen LogP contribution < -0.4 is 5.32 Å². The Morgan fingerprint density at radius 1 is 1.22 bits per heavy atom. The molecule has 1 aromatic heterocycles. The van der Waals surface area contributed by atoms with Crippen molar-refractivity contribution in [2.24, 2.45) is 0 Å². The molecule has 1 heterocycles. The molecule has 0 spiro atoms. The second-order valence-corrected chi connectivity index (χ2v) is 6.61. The molecule has 2 rings (SSSR count). The van der Waals surface area contributed by atoms with Crippen molar-refractivity contribution in [2.75, 3.05) is 5.32 Å². The number of carbonyl (C=O) groups is 2. The summed E-state index contributed by atoms with van der Waals surface area (Å²) in [4.78, 5) is 26.0. The van der Waals surface area contributed by atoms with Crippen molar-refractivity contribution < 1.29 is 14.3 Å². The van der Waals surface area contributed by atoms with E-state index in [9.17, 15) is 9.59 Å². The zero-order valence-electron chi connectivity index (χ0n) is 13.8. The number of benzene rings is 1. The second kappa shape index (κ2) is 7.42. The highest BCUT2D eigenvalue weighted by atomic mass is 32.1. The number of amides is 1. The predicted molar refractivity (Wildman–Crippen MR) is 93.1 cm³/mol. The van der Waals surface area contributed by atoms with Crippen molar-refractivity contribution in [1.29, 1.82) is 0 Å². The van der Waals surface area contributed by atoms with Crippen LogP contribution in [0.25, 0.3) is 0 Å². The summed E-state index contributed by atoms with van der Waals surface area (Å²) >= 11 is 1.42. The van der Waals surface area contributed by atoms with Crippen LogP contribution in [-0.4, -0.2) is 18.0 Å². The van der Waals surface area contributed by atoms with Crippen LogP contribution >= 0.6 is 11.3 Å². The van der Waals surface area contributed by atoms with E-state index in [-0.39, 0.29) is 5.91 Å². The van der Waals surface area contributed by atoms with Crippen molar-refractivity contribution in [3.05, 3.63) is 51.2 Å². The van der Waals surface area contributed by atoms with Gasteiger partial charge in [-0.2, -0.15) is 0 Å². The topological polar surface area (TPSA) is 55.4 Å². The summed E-state index contributed by atoms with van der Waals surface area (Å²) in [5.74, 6) is -0.796. The van der Waals surface area contributed by atoms with Gasteiger partial charge in [0.05, 0.1) is 0 Å². The molecule has 1 atom stereocenters. The minimum Gasteiger partial charge on any atom is -0.448 e. The summed E-state index contributed by atoms with van der Waals surface area (Å²) in [5.41, 5.74) is 2.88. The van der Waals surface area contributed by atoms with Crippen LogP contribution in [0.3, 0.4) is 0 Å². The first-order valence-electron chi connectivity index (χ1n) is 7.58. The second-order valence-electron chi connectivity index (χ2n) is 5.47. The van der Waals surface area contributed by atoms with Gasteiger partial charge in [-0.25, -0.2) is 4.79 Å². The zero-order valence-corrected chi connectivity index (χ0v) is 14.6. The van der Waals surface area contributed by atoms with Gasteiger partial charge in [0.25, 0.3) is 5.91 Å². The Morgan fingerprint density at radius 3 is 2.43 bits per heavy atom. The van der Waals surface area contributed by atoms with Crippen molar-refractivity contribution >= 4 is 28.9 Å². The lowest BCUT2D eigenvalue weighted by Crippen LogP contribution is -2.29. The van der Waals surface area contributed by atoms with E-state index < -0.39 is 12.1 Å².